The van der Waals surface area contributed by atoms with Gasteiger partial charge in [-0.25, -0.2) is 0 Å². The van der Waals surface area contributed by atoms with E-state index in [1.165, 1.54) is 0 Å². The average Bonchev–Trinajstić information content (AvgIpc) is 1.41. The molecular weight excluding hydrogens is 150 g/mol. The maximum Gasteiger partial charge on any atom is 1.00 e. The van der Waals surface area contributed by atoms with E-state index in [-0.39, 0.29) is 29.6 Å². The van der Waals surface area contributed by atoms with Crippen LogP contribution in [0.15, 0.2) is 0 Å². The van der Waals surface area contributed by atoms with Crippen LogP contribution in [0.5, 0.6) is 0 Å². The maximum atomic E-state index is 8.98. The second-order valence-corrected chi connectivity index (χ2v) is 1.11. The van der Waals surface area contributed by atoms with Gasteiger partial charge in [-0.15, -0.1) is 0 Å². The molecule has 0 amide bonds. The number of carbonyl (C=O) groups is 1. The van der Waals surface area contributed by atoms with Crippen LogP contribution in [-0.2, 0) is 0 Å². The van der Waals surface area contributed by atoms with Gasteiger partial charge in [0.2, 0.25) is 0 Å². The molecule has 0 saturated carbocycles. The van der Waals surface area contributed by atoms with Crippen LogP contribution in [0.3, 0.4) is 0 Å². The number of rotatable bonds is 0. The zero-order valence-electron chi connectivity index (χ0n) is 4.07. The van der Waals surface area contributed by atoms with Gasteiger partial charge < -0.3 is 5.11 Å². The Bertz CT molecular complexity index is 36.7. The van der Waals surface area contributed by atoms with Crippen molar-refractivity contribution in [3.8, 4) is 0 Å². The molecular formula is C2H3Cl2NaO2. The number of hydrogen-bond donors (Lipinski definition) is 0. The van der Waals surface area contributed by atoms with Gasteiger partial charge in [0.15, 0.2) is 0 Å². The normalized spacial score (nSPS) is 4.57. The van der Waals surface area contributed by atoms with Crippen LogP contribution < -0.4 is 34.7 Å². The van der Waals surface area contributed by atoms with Crippen molar-refractivity contribution in [2.75, 3.05) is 7.11 Å². The van der Waals surface area contributed by atoms with Crippen LogP contribution in [-0.4, -0.2) is 11.8 Å². The van der Waals surface area contributed by atoms with Crippen LogP contribution in [0.1, 0.15) is 0 Å². The molecule has 0 bridgehead atoms. The van der Waals surface area contributed by atoms with Gasteiger partial charge in [-0.2, -0.15) is 7.11 Å². The second kappa shape index (κ2) is 15.7. The minimum absolute atomic E-state index is 0. The Hall–Kier alpha value is 1.21. The number of halogens is 2. The molecule has 0 saturated heterocycles. The summed E-state index contributed by atoms with van der Waals surface area (Å²) in [5.41, 5.74) is 0. The standard InChI is InChI=1S/CCl2O.CH3O.Na/c2-1(3)4;1-2;/h;1H3;/q;-1;+1. The number of carbonyl (C=O) groups excluding carboxylic acids is 1. The molecule has 0 N–H and O–H groups in total. The van der Waals surface area contributed by atoms with Crippen LogP contribution in [0.2, 0.25) is 0 Å². The summed E-state index contributed by atoms with van der Waals surface area (Å²) in [7, 11) is 0.750. The summed E-state index contributed by atoms with van der Waals surface area (Å²) < 4.78 is -0.889. The molecule has 0 unspecified atom stereocenters. The van der Waals surface area contributed by atoms with E-state index in [1.807, 2.05) is 0 Å². The Morgan fingerprint density at radius 1 is 1.43 bits per heavy atom. The molecule has 0 aliphatic rings. The van der Waals surface area contributed by atoms with E-state index >= 15 is 0 Å². The molecule has 0 heterocycles. The first kappa shape index (κ1) is 15.7. The van der Waals surface area contributed by atoms with E-state index in [2.05, 4.69) is 23.2 Å². The number of hydrogen-bond acceptors (Lipinski definition) is 2. The quantitative estimate of drug-likeness (QED) is 0.286. The minimum atomic E-state index is -0.889. The largest absolute Gasteiger partial charge is 1.00 e. The first-order valence-corrected chi connectivity index (χ1v) is 1.75. The molecule has 0 radical (unpaired) electrons. The third-order valence-electron chi connectivity index (χ3n) is 0. The van der Waals surface area contributed by atoms with Crippen LogP contribution in [0.25, 0.3) is 0 Å². The first-order chi connectivity index (χ1) is 2.73. The molecule has 7 heavy (non-hydrogen) atoms. The third kappa shape index (κ3) is 134. The molecule has 0 atom stereocenters. The maximum absolute atomic E-state index is 8.98. The van der Waals surface area contributed by atoms with Crippen LogP contribution in [0.4, 0.5) is 4.79 Å². The third-order valence-corrected chi connectivity index (χ3v) is 0. The predicted octanol–water partition coefficient (Wildman–Crippen LogP) is -2.44. The fraction of sp³-hybridized carbons (Fsp3) is 0.500. The molecule has 5 heteroatoms. The van der Waals surface area contributed by atoms with E-state index in [1.54, 1.807) is 0 Å². The van der Waals surface area contributed by atoms with Gasteiger partial charge in [0.25, 0.3) is 0 Å². The van der Waals surface area contributed by atoms with Crippen molar-refractivity contribution in [2.45, 2.75) is 0 Å². The Kier molecular flexibility index (Phi) is 35.2. The van der Waals surface area contributed by atoms with Crippen molar-refractivity contribution in [3.63, 3.8) is 0 Å². The molecule has 0 rings (SSSR count). The van der Waals surface area contributed by atoms with Crippen molar-refractivity contribution in [2.24, 2.45) is 0 Å². The van der Waals surface area contributed by atoms with Gasteiger partial charge in [-0.3, -0.25) is 4.79 Å². The molecule has 0 aromatic carbocycles. The van der Waals surface area contributed by atoms with E-state index in [0.717, 1.165) is 7.11 Å². The first-order valence-electron chi connectivity index (χ1n) is 0.990. The Morgan fingerprint density at radius 2 is 1.43 bits per heavy atom. The smallest absolute Gasteiger partial charge is 0.857 e. The fourth-order valence-corrected chi connectivity index (χ4v) is 0. The molecule has 2 nitrogen and oxygen atoms in total. The van der Waals surface area contributed by atoms with Crippen LogP contribution >= 0.6 is 23.2 Å². The topological polar surface area (TPSA) is 40.1 Å². The Labute approximate surface area is 74.1 Å². The second-order valence-electron chi connectivity index (χ2n) is 0.226. The Balaban J connectivity index is -0.0000000480. The van der Waals surface area contributed by atoms with Gasteiger partial charge in [0.1, 0.15) is 0 Å². The van der Waals surface area contributed by atoms with Crippen LogP contribution in [0, 0.1) is 0 Å². The fourth-order valence-electron chi connectivity index (χ4n) is 0. The van der Waals surface area contributed by atoms with E-state index in [4.69, 9.17) is 9.90 Å². The zero-order valence-corrected chi connectivity index (χ0v) is 7.58. The summed E-state index contributed by atoms with van der Waals surface area (Å²) in [6, 6.07) is 0. The minimum Gasteiger partial charge on any atom is -0.857 e. The average molecular weight is 153 g/mol. The van der Waals surface area contributed by atoms with Gasteiger partial charge in [-0.1, -0.05) is 0 Å². The summed E-state index contributed by atoms with van der Waals surface area (Å²) >= 11 is 8.80. The van der Waals surface area contributed by atoms with Crippen molar-refractivity contribution in [1.29, 1.82) is 0 Å². The summed E-state index contributed by atoms with van der Waals surface area (Å²) in [5, 5.41) is 8.25. The van der Waals surface area contributed by atoms with E-state index < -0.39 is 4.70 Å². The summed E-state index contributed by atoms with van der Waals surface area (Å²) in [6.45, 7) is 0. The van der Waals surface area contributed by atoms with Gasteiger partial charge in [0, 0.05) is 0 Å². The molecule has 0 aliphatic carbocycles. The van der Waals surface area contributed by atoms with Gasteiger partial charge >= 0.3 is 34.3 Å². The van der Waals surface area contributed by atoms with E-state index in [0.29, 0.717) is 0 Å². The monoisotopic (exact) mass is 152 g/mol. The zero-order chi connectivity index (χ0) is 5.58. The van der Waals surface area contributed by atoms with Gasteiger partial charge in [0.05, 0.1) is 0 Å². The van der Waals surface area contributed by atoms with Crippen molar-refractivity contribution in [1.82, 2.24) is 0 Å². The molecule has 0 aromatic heterocycles. The summed E-state index contributed by atoms with van der Waals surface area (Å²) in [5.74, 6) is 0. The Morgan fingerprint density at radius 3 is 1.43 bits per heavy atom. The summed E-state index contributed by atoms with van der Waals surface area (Å²) in [6.07, 6.45) is 0. The SMILES string of the molecule is C[O-].O=C(Cl)Cl.[Na+]. The molecule has 38 valence electrons. The van der Waals surface area contributed by atoms with Crippen molar-refractivity contribution in [3.05, 3.63) is 0 Å². The molecule has 0 spiro atoms. The van der Waals surface area contributed by atoms with Crippen molar-refractivity contribution < 1.29 is 39.5 Å². The van der Waals surface area contributed by atoms with Gasteiger partial charge in [-0.05, 0) is 23.2 Å². The van der Waals surface area contributed by atoms with E-state index in [9.17, 15) is 0 Å². The predicted molar refractivity (Wildman–Crippen MR) is 23.0 cm³/mol. The van der Waals surface area contributed by atoms with Crippen molar-refractivity contribution >= 4 is 27.9 Å². The molecule has 0 fully saturated rings. The molecule has 0 aliphatic heterocycles. The molecule has 0 aromatic rings. The summed E-state index contributed by atoms with van der Waals surface area (Å²) in [4.78, 5) is 8.98.